The van der Waals surface area contributed by atoms with E-state index in [4.69, 9.17) is 4.74 Å². The van der Waals surface area contributed by atoms with Crippen molar-refractivity contribution < 1.29 is 4.74 Å². The largest absolute Gasteiger partial charge is 0.381 e. The molecule has 4 aliphatic carbocycles. The zero-order chi connectivity index (χ0) is 14.7. The molecule has 6 atom stereocenters. The van der Waals surface area contributed by atoms with Gasteiger partial charge in [-0.25, -0.2) is 0 Å². The van der Waals surface area contributed by atoms with E-state index in [0.29, 0.717) is 16.9 Å². The number of ether oxygens (including phenoxy) is 1. The van der Waals surface area contributed by atoms with Gasteiger partial charge in [0.15, 0.2) is 0 Å². The first-order valence-corrected chi connectivity index (χ1v) is 9.29. The van der Waals surface area contributed by atoms with Crippen LogP contribution in [-0.4, -0.2) is 13.2 Å². The van der Waals surface area contributed by atoms with Crippen molar-refractivity contribution in [2.24, 2.45) is 28.6 Å². The van der Waals surface area contributed by atoms with Gasteiger partial charge in [0.1, 0.15) is 0 Å². The molecule has 4 rings (SSSR count). The van der Waals surface area contributed by atoms with Gasteiger partial charge in [0.05, 0.1) is 6.10 Å². The second-order valence-corrected chi connectivity index (χ2v) is 8.94. The van der Waals surface area contributed by atoms with Gasteiger partial charge < -0.3 is 4.74 Å². The van der Waals surface area contributed by atoms with E-state index < -0.39 is 0 Å². The molecular formula is C20H32O. The highest BCUT2D eigenvalue weighted by molar-refractivity contribution is 5.25. The Labute approximate surface area is 130 Å². The standard InChI is InChI=1S/C20H32O/c1-19-10-4-5-17(19)16-7-6-14-13-15(21-3)8-12-20(14,2)18(16)9-11-19/h6,15-18H,4-5,7-13H2,1-3H3/t15?,16?,17?,18?,19-,20-/m0/s1. The van der Waals surface area contributed by atoms with Crippen LogP contribution in [0.25, 0.3) is 0 Å². The molecule has 3 saturated carbocycles. The molecule has 0 saturated heterocycles. The summed E-state index contributed by atoms with van der Waals surface area (Å²) in [6.07, 6.45) is 15.8. The van der Waals surface area contributed by atoms with Crippen LogP contribution in [0.4, 0.5) is 0 Å². The Hall–Kier alpha value is -0.300. The van der Waals surface area contributed by atoms with Crippen molar-refractivity contribution in [1.29, 1.82) is 0 Å². The van der Waals surface area contributed by atoms with Crippen LogP contribution in [0.1, 0.15) is 71.6 Å². The SMILES string of the molecule is COC1CC[C@@]2(C)C(=CCC3C4CCC[C@@]4(C)CCC32)C1. The smallest absolute Gasteiger partial charge is 0.0608 e. The van der Waals surface area contributed by atoms with Crippen molar-refractivity contribution in [3.63, 3.8) is 0 Å². The number of rotatable bonds is 1. The minimum absolute atomic E-state index is 0.487. The van der Waals surface area contributed by atoms with E-state index in [1.165, 1.54) is 57.8 Å². The lowest BCUT2D eigenvalue weighted by Gasteiger charge is -2.57. The van der Waals surface area contributed by atoms with Crippen LogP contribution >= 0.6 is 0 Å². The average molecular weight is 288 g/mol. The first-order valence-electron chi connectivity index (χ1n) is 9.29. The first-order chi connectivity index (χ1) is 10.1. The van der Waals surface area contributed by atoms with Gasteiger partial charge in [0.2, 0.25) is 0 Å². The molecule has 0 aromatic carbocycles. The van der Waals surface area contributed by atoms with E-state index in [9.17, 15) is 0 Å². The summed E-state index contributed by atoms with van der Waals surface area (Å²) in [5, 5.41) is 0. The Morgan fingerprint density at radius 1 is 1.05 bits per heavy atom. The fourth-order valence-corrected chi connectivity index (χ4v) is 6.82. The molecule has 0 radical (unpaired) electrons. The van der Waals surface area contributed by atoms with E-state index in [-0.39, 0.29) is 0 Å². The first kappa shape index (κ1) is 14.3. The molecule has 0 aromatic heterocycles. The maximum Gasteiger partial charge on any atom is 0.0608 e. The van der Waals surface area contributed by atoms with E-state index in [0.717, 1.165) is 17.8 Å². The monoisotopic (exact) mass is 288 g/mol. The third-order valence-electron chi connectivity index (χ3n) is 8.17. The highest BCUT2D eigenvalue weighted by Gasteiger charge is 2.55. The van der Waals surface area contributed by atoms with Crippen molar-refractivity contribution >= 4 is 0 Å². The lowest BCUT2D eigenvalue weighted by Crippen LogP contribution is -2.49. The van der Waals surface area contributed by atoms with Crippen LogP contribution in [0.3, 0.4) is 0 Å². The molecule has 1 heteroatoms. The maximum atomic E-state index is 5.67. The Morgan fingerprint density at radius 3 is 2.71 bits per heavy atom. The summed E-state index contributed by atoms with van der Waals surface area (Å²) in [5.74, 6) is 2.97. The Balaban J connectivity index is 1.64. The van der Waals surface area contributed by atoms with Gasteiger partial charge in [-0.1, -0.05) is 31.9 Å². The third-order valence-corrected chi connectivity index (χ3v) is 8.17. The molecule has 1 nitrogen and oxygen atoms in total. The van der Waals surface area contributed by atoms with Gasteiger partial charge >= 0.3 is 0 Å². The summed E-state index contributed by atoms with van der Waals surface area (Å²) >= 11 is 0. The Bertz CT molecular complexity index is 453. The molecule has 21 heavy (non-hydrogen) atoms. The Morgan fingerprint density at radius 2 is 1.90 bits per heavy atom. The molecule has 118 valence electrons. The van der Waals surface area contributed by atoms with Crippen molar-refractivity contribution in [1.82, 2.24) is 0 Å². The fraction of sp³-hybridized carbons (Fsp3) is 0.900. The minimum Gasteiger partial charge on any atom is -0.381 e. The van der Waals surface area contributed by atoms with Crippen molar-refractivity contribution in [2.75, 3.05) is 7.11 Å². The normalized spacial score (nSPS) is 52.6. The van der Waals surface area contributed by atoms with E-state index >= 15 is 0 Å². The van der Waals surface area contributed by atoms with Crippen molar-refractivity contribution in [2.45, 2.75) is 77.7 Å². The van der Waals surface area contributed by atoms with Gasteiger partial charge in [0.25, 0.3) is 0 Å². The van der Waals surface area contributed by atoms with E-state index in [2.05, 4.69) is 19.9 Å². The summed E-state index contributed by atoms with van der Waals surface area (Å²) in [7, 11) is 1.89. The number of allylic oxidation sites excluding steroid dienone is 1. The van der Waals surface area contributed by atoms with Gasteiger partial charge in [-0.3, -0.25) is 0 Å². The summed E-state index contributed by atoms with van der Waals surface area (Å²) < 4.78 is 5.67. The van der Waals surface area contributed by atoms with Crippen LogP contribution in [0, 0.1) is 28.6 Å². The molecule has 0 bridgehead atoms. The minimum atomic E-state index is 0.487. The second kappa shape index (κ2) is 4.85. The second-order valence-electron chi connectivity index (χ2n) is 8.94. The lowest BCUT2D eigenvalue weighted by molar-refractivity contribution is -0.0409. The molecule has 0 aliphatic heterocycles. The summed E-state index contributed by atoms with van der Waals surface area (Å²) in [6.45, 7) is 5.20. The summed E-state index contributed by atoms with van der Waals surface area (Å²) in [6, 6.07) is 0. The molecule has 0 N–H and O–H groups in total. The summed E-state index contributed by atoms with van der Waals surface area (Å²) in [5.41, 5.74) is 2.94. The van der Waals surface area contributed by atoms with Gasteiger partial charge in [-0.2, -0.15) is 0 Å². The fourth-order valence-electron chi connectivity index (χ4n) is 6.82. The topological polar surface area (TPSA) is 9.23 Å². The number of hydrogen-bond donors (Lipinski definition) is 0. The maximum absolute atomic E-state index is 5.67. The predicted octanol–water partition coefficient (Wildman–Crippen LogP) is 5.35. The third kappa shape index (κ3) is 1.99. The molecule has 0 spiro atoms. The zero-order valence-electron chi connectivity index (χ0n) is 14.2. The van der Waals surface area contributed by atoms with E-state index in [1.807, 2.05) is 7.11 Å². The van der Waals surface area contributed by atoms with Crippen LogP contribution in [0.2, 0.25) is 0 Å². The number of methoxy groups -OCH3 is 1. The van der Waals surface area contributed by atoms with E-state index in [1.54, 1.807) is 5.57 Å². The zero-order valence-corrected chi connectivity index (χ0v) is 14.2. The number of hydrogen-bond acceptors (Lipinski definition) is 1. The molecule has 0 amide bonds. The highest BCUT2D eigenvalue weighted by atomic mass is 16.5. The highest BCUT2D eigenvalue weighted by Crippen LogP contribution is 2.64. The quantitative estimate of drug-likeness (QED) is 0.591. The van der Waals surface area contributed by atoms with Crippen molar-refractivity contribution in [3.8, 4) is 0 Å². The molecule has 3 fully saturated rings. The predicted molar refractivity (Wildman–Crippen MR) is 87.1 cm³/mol. The van der Waals surface area contributed by atoms with Crippen LogP contribution in [-0.2, 0) is 4.74 Å². The molecule has 0 heterocycles. The van der Waals surface area contributed by atoms with Crippen LogP contribution in [0.5, 0.6) is 0 Å². The van der Waals surface area contributed by atoms with Gasteiger partial charge in [0, 0.05) is 7.11 Å². The van der Waals surface area contributed by atoms with Crippen LogP contribution < -0.4 is 0 Å². The molecule has 4 unspecified atom stereocenters. The summed E-state index contributed by atoms with van der Waals surface area (Å²) in [4.78, 5) is 0. The van der Waals surface area contributed by atoms with Crippen LogP contribution in [0.15, 0.2) is 11.6 Å². The molecular weight excluding hydrogens is 256 g/mol. The average Bonchev–Trinajstić information content (AvgIpc) is 2.88. The molecule has 4 aliphatic rings. The lowest BCUT2D eigenvalue weighted by atomic mass is 9.48. The Kier molecular flexibility index (Phi) is 3.30. The molecule has 0 aromatic rings. The van der Waals surface area contributed by atoms with Gasteiger partial charge in [-0.15, -0.1) is 0 Å². The van der Waals surface area contributed by atoms with Gasteiger partial charge in [-0.05, 0) is 80.0 Å². The number of fused-ring (bicyclic) bond motifs is 5. The van der Waals surface area contributed by atoms with Crippen molar-refractivity contribution in [3.05, 3.63) is 11.6 Å².